The summed E-state index contributed by atoms with van der Waals surface area (Å²) in [6, 6.07) is 6.95. The third kappa shape index (κ3) is 3.88. The van der Waals surface area contributed by atoms with Crippen molar-refractivity contribution in [3.63, 3.8) is 0 Å². The number of hydrogen-bond donors (Lipinski definition) is 2. The van der Waals surface area contributed by atoms with Gasteiger partial charge < -0.3 is 19.9 Å². The average Bonchev–Trinajstić information content (AvgIpc) is 2.64. The molecule has 3 atom stereocenters. The molecule has 1 saturated carbocycles. The molecule has 1 aliphatic carbocycles. The molecule has 0 unspecified atom stereocenters. The van der Waals surface area contributed by atoms with Gasteiger partial charge in [0.25, 0.3) is 5.91 Å². The fourth-order valence-electron chi connectivity index (χ4n) is 3.64. The molecule has 2 aliphatic rings. The molecule has 2 fully saturated rings. The summed E-state index contributed by atoms with van der Waals surface area (Å²) in [5, 5.41) is 13.8. The van der Waals surface area contributed by atoms with Crippen molar-refractivity contribution >= 4 is 5.91 Å². The summed E-state index contributed by atoms with van der Waals surface area (Å²) in [7, 11) is 1.58. The summed E-state index contributed by atoms with van der Waals surface area (Å²) in [5.41, 5.74) is 0.551. The number of nitrogens with zero attached hydrogens (tertiary/aromatic N) is 1. The van der Waals surface area contributed by atoms with Gasteiger partial charge in [-0.2, -0.15) is 0 Å². The third-order valence-corrected chi connectivity index (χ3v) is 4.98. The van der Waals surface area contributed by atoms with Crippen LogP contribution in [-0.2, 0) is 4.74 Å². The van der Waals surface area contributed by atoms with E-state index in [1.54, 1.807) is 31.4 Å². The highest BCUT2D eigenvalue weighted by atomic mass is 16.5. The second-order valence-corrected chi connectivity index (χ2v) is 6.45. The number of carbonyl (C=O) groups is 1. The van der Waals surface area contributed by atoms with Crippen LogP contribution in [0, 0.1) is 0 Å². The Morgan fingerprint density at radius 3 is 2.88 bits per heavy atom. The van der Waals surface area contributed by atoms with Crippen molar-refractivity contribution in [3.05, 3.63) is 29.8 Å². The Hall–Kier alpha value is -1.63. The highest BCUT2D eigenvalue weighted by Crippen LogP contribution is 2.25. The van der Waals surface area contributed by atoms with E-state index in [1.807, 2.05) is 0 Å². The van der Waals surface area contributed by atoms with Gasteiger partial charge in [0.05, 0.1) is 32.5 Å². The normalized spacial score (nSPS) is 28.3. The van der Waals surface area contributed by atoms with Crippen LogP contribution in [-0.4, -0.2) is 67.5 Å². The van der Waals surface area contributed by atoms with Crippen LogP contribution >= 0.6 is 0 Å². The Labute approximate surface area is 142 Å². The van der Waals surface area contributed by atoms with E-state index in [1.165, 1.54) is 0 Å². The van der Waals surface area contributed by atoms with Gasteiger partial charge in [-0.15, -0.1) is 0 Å². The molecular formula is C18H26N2O4. The maximum Gasteiger partial charge on any atom is 0.251 e. The van der Waals surface area contributed by atoms with Crippen LogP contribution in [0.4, 0.5) is 0 Å². The van der Waals surface area contributed by atoms with Gasteiger partial charge in [0.1, 0.15) is 5.75 Å². The molecule has 6 nitrogen and oxygen atoms in total. The molecule has 1 aromatic carbocycles. The Kier molecular flexibility index (Phi) is 5.71. The van der Waals surface area contributed by atoms with E-state index in [0.29, 0.717) is 24.5 Å². The number of benzene rings is 1. The lowest BCUT2D eigenvalue weighted by atomic mass is 9.86. The minimum atomic E-state index is -0.550. The van der Waals surface area contributed by atoms with E-state index in [9.17, 15) is 9.90 Å². The maximum atomic E-state index is 12.5. The van der Waals surface area contributed by atoms with Crippen LogP contribution in [0.3, 0.4) is 0 Å². The Bertz CT molecular complexity index is 560. The zero-order valence-electron chi connectivity index (χ0n) is 14.1. The number of morpholine rings is 1. The summed E-state index contributed by atoms with van der Waals surface area (Å²) < 4.78 is 10.6. The molecule has 1 aliphatic heterocycles. The minimum absolute atomic E-state index is 0.0956. The molecular weight excluding hydrogens is 308 g/mol. The molecule has 24 heavy (non-hydrogen) atoms. The predicted octanol–water partition coefficient (Wildman–Crippen LogP) is 1.04. The number of nitrogens with one attached hydrogen (secondary N) is 1. The largest absolute Gasteiger partial charge is 0.497 e. The number of aliphatic hydroxyl groups is 1. The summed E-state index contributed by atoms with van der Waals surface area (Å²) in [5.74, 6) is 0.485. The van der Waals surface area contributed by atoms with Gasteiger partial charge >= 0.3 is 0 Å². The van der Waals surface area contributed by atoms with Crippen LogP contribution in [0.25, 0.3) is 0 Å². The fourth-order valence-corrected chi connectivity index (χ4v) is 3.64. The maximum absolute atomic E-state index is 12.5. The first-order valence-electron chi connectivity index (χ1n) is 8.64. The van der Waals surface area contributed by atoms with Crippen LogP contribution in [0.15, 0.2) is 24.3 Å². The standard InChI is InChI=1S/C18H26N2O4/c1-23-14-5-2-4-13(12-14)18(22)19-15-6-3-7-16(17(15)21)20-8-10-24-11-9-20/h2,4-5,12,15-17,21H,3,6-11H2,1H3,(H,19,22)/t15-,16-,17-/m1/s1. The van der Waals surface area contributed by atoms with E-state index in [2.05, 4.69) is 10.2 Å². The number of rotatable bonds is 4. The first-order chi connectivity index (χ1) is 11.7. The third-order valence-electron chi connectivity index (χ3n) is 4.98. The second-order valence-electron chi connectivity index (χ2n) is 6.45. The fraction of sp³-hybridized carbons (Fsp3) is 0.611. The van der Waals surface area contributed by atoms with Gasteiger partial charge in [-0.25, -0.2) is 0 Å². The molecule has 2 N–H and O–H groups in total. The van der Waals surface area contributed by atoms with Gasteiger partial charge in [-0.1, -0.05) is 6.07 Å². The molecule has 6 heteroatoms. The van der Waals surface area contributed by atoms with Crippen LogP contribution in [0.2, 0.25) is 0 Å². The van der Waals surface area contributed by atoms with Crippen molar-refractivity contribution in [1.82, 2.24) is 10.2 Å². The molecule has 1 saturated heterocycles. The molecule has 0 bridgehead atoms. The van der Waals surface area contributed by atoms with Crippen molar-refractivity contribution in [2.24, 2.45) is 0 Å². The molecule has 1 amide bonds. The van der Waals surface area contributed by atoms with E-state index < -0.39 is 6.10 Å². The van der Waals surface area contributed by atoms with E-state index in [4.69, 9.17) is 9.47 Å². The predicted molar refractivity (Wildman–Crippen MR) is 90.3 cm³/mol. The van der Waals surface area contributed by atoms with Gasteiger partial charge in [0, 0.05) is 24.7 Å². The quantitative estimate of drug-likeness (QED) is 0.861. The SMILES string of the molecule is COc1cccc(C(=O)N[C@@H]2CCC[C@@H](N3CCOCC3)[C@@H]2O)c1. The lowest BCUT2D eigenvalue weighted by Crippen LogP contribution is -2.58. The van der Waals surface area contributed by atoms with Crippen molar-refractivity contribution in [3.8, 4) is 5.75 Å². The molecule has 1 aromatic rings. The van der Waals surface area contributed by atoms with Crippen LogP contribution in [0.1, 0.15) is 29.6 Å². The lowest BCUT2D eigenvalue weighted by molar-refractivity contribution is -0.0459. The minimum Gasteiger partial charge on any atom is -0.497 e. The topological polar surface area (TPSA) is 71.0 Å². The van der Waals surface area contributed by atoms with E-state index >= 15 is 0 Å². The number of hydrogen-bond acceptors (Lipinski definition) is 5. The first kappa shape index (κ1) is 17.2. The van der Waals surface area contributed by atoms with Gasteiger partial charge in [-0.05, 0) is 37.5 Å². The monoisotopic (exact) mass is 334 g/mol. The van der Waals surface area contributed by atoms with E-state index in [0.717, 1.165) is 32.4 Å². The number of aliphatic hydroxyl groups excluding tert-OH is 1. The van der Waals surface area contributed by atoms with Crippen LogP contribution in [0.5, 0.6) is 5.75 Å². The number of ether oxygens (including phenoxy) is 2. The van der Waals surface area contributed by atoms with Crippen molar-refractivity contribution in [1.29, 1.82) is 0 Å². The molecule has 3 rings (SSSR count). The van der Waals surface area contributed by atoms with Crippen molar-refractivity contribution < 1.29 is 19.4 Å². The zero-order valence-corrected chi connectivity index (χ0v) is 14.1. The van der Waals surface area contributed by atoms with Crippen molar-refractivity contribution in [2.75, 3.05) is 33.4 Å². The second kappa shape index (κ2) is 7.96. The summed E-state index contributed by atoms with van der Waals surface area (Å²) in [6.45, 7) is 3.12. The zero-order chi connectivity index (χ0) is 16.9. The average molecular weight is 334 g/mol. The first-order valence-corrected chi connectivity index (χ1v) is 8.64. The summed E-state index contributed by atoms with van der Waals surface area (Å²) in [4.78, 5) is 14.8. The molecule has 0 radical (unpaired) electrons. The summed E-state index contributed by atoms with van der Waals surface area (Å²) >= 11 is 0. The molecule has 132 valence electrons. The molecule has 1 heterocycles. The summed E-state index contributed by atoms with van der Waals surface area (Å²) in [6.07, 6.45) is 2.22. The Morgan fingerprint density at radius 1 is 1.33 bits per heavy atom. The van der Waals surface area contributed by atoms with Gasteiger partial charge in [0.15, 0.2) is 0 Å². The molecule has 0 spiro atoms. The Morgan fingerprint density at radius 2 is 2.12 bits per heavy atom. The van der Waals surface area contributed by atoms with E-state index in [-0.39, 0.29) is 18.0 Å². The van der Waals surface area contributed by atoms with Crippen molar-refractivity contribution in [2.45, 2.75) is 37.5 Å². The Balaban J connectivity index is 1.64. The number of carbonyl (C=O) groups excluding carboxylic acids is 1. The highest BCUT2D eigenvalue weighted by molar-refractivity contribution is 5.94. The molecule has 0 aromatic heterocycles. The van der Waals surface area contributed by atoms with Crippen LogP contribution < -0.4 is 10.1 Å². The van der Waals surface area contributed by atoms with Gasteiger partial charge in [0.2, 0.25) is 0 Å². The smallest absolute Gasteiger partial charge is 0.251 e. The number of amides is 1. The lowest BCUT2D eigenvalue weighted by Gasteiger charge is -2.43. The number of methoxy groups -OCH3 is 1. The van der Waals surface area contributed by atoms with Gasteiger partial charge in [-0.3, -0.25) is 9.69 Å². The highest BCUT2D eigenvalue weighted by Gasteiger charge is 2.36.